The van der Waals surface area contributed by atoms with Gasteiger partial charge in [-0.25, -0.2) is 0 Å². The minimum absolute atomic E-state index is 0.0148. The van der Waals surface area contributed by atoms with Crippen LogP contribution in [0.2, 0.25) is 0 Å². The van der Waals surface area contributed by atoms with Crippen molar-refractivity contribution in [2.45, 2.75) is 51.5 Å². The number of nitrogens with zero attached hydrogens (tertiary/aromatic N) is 1. The molecular weight excluding hydrogens is 374 g/mol. The molecule has 4 saturated carbocycles. The molecule has 1 aromatic carbocycles. The van der Waals surface area contributed by atoms with Crippen molar-refractivity contribution in [2.75, 3.05) is 0 Å². The molecule has 0 saturated heterocycles. The third kappa shape index (κ3) is 3.05. The molecule has 2 N–H and O–H groups in total. The van der Waals surface area contributed by atoms with E-state index in [9.17, 15) is 14.4 Å². The van der Waals surface area contributed by atoms with E-state index < -0.39 is 0 Å². The highest BCUT2D eigenvalue weighted by Crippen LogP contribution is 2.60. The van der Waals surface area contributed by atoms with Crippen molar-refractivity contribution >= 4 is 33.4 Å². The quantitative estimate of drug-likeness (QED) is 0.776. The van der Waals surface area contributed by atoms with E-state index in [1.54, 1.807) is 10.0 Å². The Morgan fingerprint density at radius 3 is 2.32 bits per heavy atom. The van der Waals surface area contributed by atoms with Crippen LogP contribution in [0.4, 0.5) is 0 Å². The molecule has 0 aliphatic heterocycles. The van der Waals surface area contributed by atoms with Crippen LogP contribution in [0, 0.1) is 23.2 Å². The summed E-state index contributed by atoms with van der Waals surface area (Å²) in [7, 11) is 0. The molecule has 1 aromatic heterocycles. The smallest absolute Gasteiger partial charge is 0.268 e. The highest BCUT2D eigenvalue weighted by molar-refractivity contribution is 7.13. The second-order valence-corrected chi connectivity index (χ2v) is 10.0. The van der Waals surface area contributed by atoms with Crippen LogP contribution < -0.4 is 16.4 Å². The number of hydrazine groups is 1. The van der Waals surface area contributed by atoms with Gasteiger partial charge in [-0.2, -0.15) is 0 Å². The fourth-order valence-corrected chi connectivity index (χ4v) is 7.07. The van der Waals surface area contributed by atoms with Crippen LogP contribution >= 0.6 is 11.5 Å². The van der Waals surface area contributed by atoms with Crippen molar-refractivity contribution in [2.24, 2.45) is 23.2 Å². The normalized spacial score (nSPS) is 30.5. The Morgan fingerprint density at radius 1 is 1.04 bits per heavy atom. The van der Waals surface area contributed by atoms with Crippen molar-refractivity contribution < 1.29 is 9.59 Å². The number of hydrogen-bond donors (Lipinski definition) is 2. The van der Waals surface area contributed by atoms with Gasteiger partial charge in [-0.15, -0.1) is 0 Å². The molecule has 4 bridgehead atoms. The fraction of sp³-hybridized carbons (Fsp3) is 0.571. The van der Waals surface area contributed by atoms with Crippen molar-refractivity contribution in [3.05, 3.63) is 34.6 Å². The number of rotatable bonds is 4. The molecule has 0 atom stereocenters. The van der Waals surface area contributed by atoms with E-state index in [2.05, 4.69) is 10.9 Å². The summed E-state index contributed by atoms with van der Waals surface area (Å²) in [4.78, 5) is 37.4. The summed E-state index contributed by atoms with van der Waals surface area (Å²) in [6.45, 7) is 0.317. The number of carbonyl (C=O) groups is 2. The Bertz CT molecular complexity index is 957. The van der Waals surface area contributed by atoms with Gasteiger partial charge in [0.1, 0.15) is 0 Å². The Morgan fingerprint density at radius 2 is 1.68 bits per heavy atom. The van der Waals surface area contributed by atoms with E-state index in [0.29, 0.717) is 29.7 Å². The predicted octanol–water partition coefficient (Wildman–Crippen LogP) is 2.82. The third-order valence-electron chi connectivity index (χ3n) is 6.93. The first-order valence-corrected chi connectivity index (χ1v) is 11.0. The van der Waals surface area contributed by atoms with Gasteiger partial charge in [-0.05, 0) is 68.4 Å². The maximum atomic E-state index is 12.9. The van der Waals surface area contributed by atoms with E-state index in [1.165, 1.54) is 30.8 Å². The lowest BCUT2D eigenvalue weighted by Gasteiger charge is -2.55. The number of benzene rings is 1. The van der Waals surface area contributed by atoms with Gasteiger partial charge >= 0.3 is 0 Å². The summed E-state index contributed by atoms with van der Waals surface area (Å²) in [5, 5.41) is 0.683. The molecule has 4 fully saturated rings. The van der Waals surface area contributed by atoms with Crippen LogP contribution in [0.5, 0.6) is 0 Å². The number of aromatic nitrogens is 1. The Balaban J connectivity index is 1.17. The number of nitrogens with one attached hydrogen (secondary N) is 2. The largest absolute Gasteiger partial charge is 0.273 e. The van der Waals surface area contributed by atoms with Gasteiger partial charge in [0.25, 0.3) is 5.56 Å². The average Bonchev–Trinajstić information content (AvgIpc) is 2.99. The first kappa shape index (κ1) is 17.9. The Kier molecular flexibility index (Phi) is 4.30. The predicted molar refractivity (Wildman–Crippen MR) is 108 cm³/mol. The molecule has 6 rings (SSSR count). The van der Waals surface area contributed by atoms with Crippen molar-refractivity contribution in [1.29, 1.82) is 0 Å². The molecule has 7 heteroatoms. The van der Waals surface area contributed by atoms with Crippen molar-refractivity contribution in [1.82, 2.24) is 14.8 Å². The molecule has 6 nitrogen and oxygen atoms in total. The zero-order chi connectivity index (χ0) is 19.3. The zero-order valence-electron chi connectivity index (χ0n) is 15.8. The maximum Gasteiger partial charge on any atom is 0.268 e. The molecule has 0 spiro atoms. The van der Waals surface area contributed by atoms with Gasteiger partial charge < -0.3 is 0 Å². The molecule has 2 aromatic rings. The van der Waals surface area contributed by atoms with Crippen LogP contribution in [0.3, 0.4) is 0 Å². The van der Waals surface area contributed by atoms with Gasteiger partial charge in [-0.3, -0.25) is 29.2 Å². The zero-order valence-corrected chi connectivity index (χ0v) is 16.6. The first-order valence-electron chi connectivity index (χ1n) is 10.2. The van der Waals surface area contributed by atoms with E-state index >= 15 is 0 Å². The number of carbonyl (C=O) groups excluding carboxylic acids is 2. The van der Waals surface area contributed by atoms with Gasteiger partial charge in [0.05, 0.1) is 15.5 Å². The minimum atomic E-state index is -0.273. The summed E-state index contributed by atoms with van der Waals surface area (Å²) in [6, 6.07) is 7.45. The Labute approximate surface area is 167 Å². The standard InChI is InChI=1S/C21H25N3O3S/c25-18(5-6-24-19(26)16-3-1-2-4-17(16)28-24)22-23-20(27)21-10-13-7-14(11-21)9-15(8-13)12-21/h1-4,13-15H,5-12H2,(H,22,25)(H,23,27). The fourth-order valence-electron chi connectivity index (χ4n) is 6.08. The third-order valence-corrected chi connectivity index (χ3v) is 8.05. The molecule has 28 heavy (non-hydrogen) atoms. The van der Waals surface area contributed by atoms with Gasteiger partial charge in [0, 0.05) is 13.0 Å². The number of amides is 2. The molecular formula is C21H25N3O3S. The summed E-state index contributed by atoms with van der Waals surface area (Å²) in [6.07, 6.45) is 6.91. The summed E-state index contributed by atoms with van der Waals surface area (Å²) >= 11 is 1.37. The number of fused-ring (bicyclic) bond motifs is 1. The highest BCUT2D eigenvalue weighted by atomic mass is 32.1. The van der Waals surface area contributed by atoms with Crippen LogP contribution in [0.15, 0.2) is 29.1 Å². The average molecular weight is 400 g/mol. The molecule has 1 heterocycles. The second kappa shape index (κ2) is 6.72. The van der Waals surface area contributed by atoms with Crippen LogP contribution in [0.1, 0.15) is 44.9 Å². The summed E-state index contributed by atoms with van der Waals surface area (Å²) in [5.74, 6) is 1.79. The monoisotopic (exact) mass is 399 g/mol. The second-order valence-electron chi connectivity index (χ2n) is 8.94. The minimum Gasteiger partial charge on any atom is -0.273 e. The SMILES string of the molecule is O=C(CCn1sc2ccccc2c1=O)NNC(=O)C12CC3CC(CC(C3)C1)C2. The lowest BCUT2D eigenvalue weighted by Crippen LogP contribution is -2.56. The number of hydrogen-bond acceptors (Lipinski definition) is 4. The highest BCUT2D eigenvalue weighted by Gasteiger charge is 2.54. The topological polar surface area (TPSA) is 80.2 Å². The van der Waals surface area contributed by atoms with Gasteiger partial charge in [0.2, 0.25) is 11.8 Å². The van der Waals surface area contributed by atoms with E-state index in [1.807, 2.05) is 18.2 Å². The lowest BCUT2D eigenvalue weighted by molar-refractivity contribution is -0.148. The van der Waals surface area contributed by atoms with Crippen LogP contribution in [-0.2, 0) is 16.1 Å². The molecule has 148 valence electrons. The summed E-state index contributed by atoms with van der Waals surface area (Å²) < 4.78 is 2.52. The van der Waals surface area contributed by atoms with Crippen molar-refractivity contribution in [3.63, 3.8) is 0 Å². The number of aryl methyl sites for hydroxylation is 1. The van der Waals surface area contributed by atoms with E-state index in [-0.39, 0.29) is 29.2 Å². The summed E-state index contributed by atoms with van der Waals surface area (Å²) in [5.41, 5.74) is 4.94. The Hall–Kier alpha value is -2.15. The van der Waals surface area contributed by atoms with Crippen LogP contribution in [0.25, 0.3) is 10.1 Å². The van der Waals surface area contributed by atoms with E-state index in [0.717, 1.165) is 24.0 Å². The first-order chi connectivity index (χ1) is 13.5. The van der Waals surface area contributed by atoms with Gasteiger partial charge in [-0.1, -0.05) is 23.7 Å². The van der Waals surface area contributed by atoms with Crippen molar-refractivity contribution in [3.8, 4) is 0 Å². The van der Waals surface area contributed by atoms with Gasteiger partial charge in [0.15, 0.2) is 0 Å². The van der Waals surface area contributed by atoms with Crippen LogP contribution in [-0.4, -0.2) is 15.8 Å². The molecule has 4 aliphatic rings. The van der Waals surface area contributed by atoms with E-state index in [4.69, 9.17) is 0 Å². The molecule has 0 radical (unpaired) electrons. The maximum absolute atomic E-state index is 12.9. The lowest BCUT2D eigenvalue weighted by atomic mass is 9.49. The molecule has 4 aliphatic carbocycles. The molecule has 2 amide bonds. The molecule has 0 unspecified atom stereocenters.